The van der Waals surface area contributed by atoms with Gasteiger partial charge in [-0.3, -0.25) is 9.59 Å². The standard InChI is InChI=1S/C19H20O3S/c1-15(20)12-19(18(21)22-23,13-16-8-4-2-5-9-16)14-17-10-6-3-7-11-17/h2-11,23H,12-14H2,1H3. The number of rotatable bonds is 7. The van der Waals surface area contributed by atoms with Crippen molar-refractivity contribution in [1.82, 2.24) is 0 Å². The van der Waals surface area contributed by atoms with Crippen molar-refractivity contribution < 1.29 is 13.8 Å². The van der Waals surface area contributed by atoms with Crippen molar-refractivity contribution in [3.05, 3.63) is 71.8 Å². The van der Waals surface area contributed by atoms with Gasteiger partial charge >= 0.3 is 5.97 Å². The Labute approximate surface area is 142 Å². The lowest BCUT2D eigenvalue weighted by Crippen LogP contribution is -2.38. The summed E-state index contributed by atoms with van der Waals surface area (Å²) in [4.78, 5) is 24.4. The van der Waals surface area contributed by atoms with E-state index in [1.54, 1.807) is 0 Å². The van der Waals surface area contributed by atoms with Gasteiger partial charge in [-0.2, -0.15) is 0 Å². The maximum absolute atomic E-state index is 12.5. The Morgan fingerprint density at radius 2 is 1.35 bits per heavy atom. The van der Waals surface area contributed by atoms with Crippen molar-refractivity contribution in [1.29, 1.82) is 0 Å². The van der Waals surface area contributed by atoms with Crippen molar-refractivity contribution in [2.75, 3.05) is 0 Å². The Bertz CT molecular complexity index is 611. The minimum absolute atomic E-state index is 0.0457. The molecule has 0 atom stereocenters. The highest BCUT2D eigenvalue weighted by molar-refractivity contribution is 7.75. The zero-order valence-corrected chi connectivity index (χ0v) is 14.0. The van der Waals surface area contributed by atoms with Gasteiger partial charge in [-0.05, 0) is 30.9 Å². The average Bonchev–Trinajstić information content (AvgIpc) is 2.55. The molecule has 0 unspecified atom stereocenters. The second-order valence-corrected chi connectivity index (χ2v) is 6.05. The Morgan fingerprint density at radius 3 is 1.70 bits per heavy atom. The molecule has 0 bridgehead atoms. The lowest BCUT2D eigenvalue weighted by molar-refractivity contribution is -0.147. The number of ketones is 1. The zero-order valence-electron chi connectivity index (χ0n) is 13.1. The van der Waals surface area contributed by atoms with Crippen LogP contribution in [-0.4, -0.2) is 11.8 Å². The topological polar surface area (TPSA) is 43.4 Å². The second-order valence-electron chi connectivity index (χ2n) is 5.86. The summed E-state index contributed by atoms with van der Waals surface area (Å²) >= 11 is 3.70. The third kappa shape index (κ3) is 4.70. The second kappa shape index (κ2) is 7.97. The fraction of sp³-hybridized carbons (Fsp3) is 0.263. The SMILES string of the molecule is CC(=O)CC(Cc1ccccc1)(Cc1ccccc1)C(=O)OS. The number of Topliss-reactive ketones (excluding diaryl/α,β-unsaturated/α-hetero) is 1. The van der Waals surface area contributed by atoms with Crippen LogP contribution in [0.1, 0.15) is 24.5 Å². The van der Waals surface area contributed by atoms with E-state index in [0.717, 1.165) is 11.1 Å². The lowest BCUT2D eigenvalue weighted by atomic mass is 9.73. The summed E-state index contributed by atoms with van der Waals surface area (Å²) in [6, 6.07) is 19.3. The summed E-state index contributed by atoms with van der Waals surface area (Å²) in [6.45, 7) is 1.50. The fourth-order valence-corrected chi connectivity index (χ4v) is 3.14. The maximum atomic E-state index is 12.5. The number of hydrogen-bond donors (Lipinski definition) is 1. The summed E-state index contributed by atoms with van der Waals surface area (Å²) in [5, 5.41) is 0. The van der Waals surface area contributed by atoms with Gasteiger partial charge in [0, 0.05) is 19.3 Å². The Morgan fingerprint density at radius 1 is 0.913 bits per heavy atom. The molecule has 0 N–H and O–H groups in total. The van der Waals surface area contributed by atoms with Crippen molar-refractivity contribution in [2.45, 2.75) is 26.2 Å². The summed E-state index contributed by atoms with van der Waals surface area (Å²) < 4.78 is 4.76. The van der Waals surface area contributed by atoms with Gasteiger partial charge in [0.25, 0.3) is 0 Å². The Kier molecular flexibility index (Phi) is 5.99. The molecular weight excluding hydrogens is 308 g/mol. The molecule has 0 fully saturated rings. The van der Waals surface area contributed by atoms with Gasteiger partial charge < -0.3 is 4.18 Å². The maximum Gasteiger partial charge on any atom is 0.324 e. The van der Waals surface area contributed by atoms with E-state index in [1.165, 1.54) is 6.92 Å². The molecule has 0 aliphatic carbocycles. The van der Waals surface area contributed by atoms with E-state index in [0.29, 0.717) is 12.8 Å². The van der Waals surface area contributed by atoms with Crippen LogP contribution in [0.15, 0.2) is 60.7 Å². The molecule has 0 saturated heterocycles. The predicted molar refractivity (Wildman–Crippen MR) is 93.1 cm³/mol. The van der Waals surface area contributed by atoms with Crippen LogP contribution in [0.3, 0.4) is 0 Å². The smallest absolute Gasteiger partial charge is 0.324 e. The molecule has 0 saturated carbocycles. The molecule has 0 radical (unpaired) electrons. The van der Waals surface area contributed by atoms with Gasteiger partial charge in [-0.1, -0.05) is 60.7 Å². The van der Waals surface area contributed by atoms with Crippen LogP contribution in [-0.2, 0) is 26.6 Å². The first-order chi connectivity index (χ1) is 11.1. The van der Waals surface area contributed by atoms with Crippen LogP contribution in [0.2, 0.25) is 0 Å². The molecular formula is C19H20O3S. The highest BCUT2D eigenvalue weighted by Gasteiger charge is 2.41. The number of thiol groups is 1. The minimum atomic E-state index is -0.948. The summed E-state index contributed by atoms with van der Waals surface area (Å²) in [5.41, 5.74) is 1.03. The third-order valence-corrected chi connectivity index (χ3v) is 4.04. The lowest BCUT2D eigenvalue weighted by Gasteiger charge is -2.30. The van der Waals surface area contributed by atoms with Crippen LogP contribution in [0.5, 0.6) is 0 Å². The van der Waals surface area contributed by atoms with Gasteiger partial charge in [-0.15, -0.1) is 0 Å². The molecule has 2 aromatic rings. The van der Waals surface area contributed by atoms with Gasteiger partial charge in [0.15, 0.2) is 0 Å². The number of benzene rings is 2. The molecule has 2 aromatic carbocycles. The van der Waals surface area contributed by atoms with E-state index in [2.05, 4.69) is 12.9 Å². The van der Waals surface area contributed by atoms with E-state index in [9.17, 15) is 9.59 Å². The van der Waals surface area contributed by atoms with Crippen molar-refractivity contribution >= 4 is 24.7 Å². The molecule has 0 heterocycles. The summed E-state index contributed by atoms with van der Waals surface area (Å²) in [7, 11) is 0. The van der Waals surface area contributed by atoms with E-state index >= 15 is 0 Å². The van der Waals surface area contributed by atoms with Crippen LogP contribution in [0, 0.1) is 5.41 Å². The Balaban J connectivity index is 2.41. The molecule has 3 nitrogen and oxygen atoms in total. The van der Waals surface area contributed by atoms with Gasteiger partial charge in [0.2, 0.25) is 0 Å². The first-order valence-electron chi connectivity index (χ1n) is 7.49. The van der Waals surface area contributed by atoms with Crippen LogP contribution in [0.25, 0.3) is 0 Å². The molecule has 2 rings (SSSR count). The minimum Gasteiger partial charge on any atom is -0.394 e. The zero-order chi connectivity index (χ0) is 16.7. The summed E-state index contributed by atoms with van der Waals surface area (Å²) in [5.74, 6) is -0.515. The largest absolute Gasteiger partial charge is 0.394 e. The van der Waals surface area contributed by atoms with E-state index < -0.39 is 11.4 Å². The van der Waals surface area contributed by atoms with Crippen LogP contribution >= 0.6 is 12.9 Å². The van der Waals surface area contributed by atoms with E-state index in [1.807, 2.05) is 60.7 Å². The van der Waals surface area contributed by atoms with Crippen LogP contribution < -0.4 is 0 Å². The first-order valence-corrected chi connectivity index (χ1v) is 7.85. The quantitative estimate of drug-likeness (QED) is 0.620. The average molecular weight is 328 g/mol. The first kappa shape index (κ1) is 17.3. The van der Waals surface area contributed by atoms with E-state index in [4.69, 9.17) is 4.18 Å². The highest BCUT2D eigenvalue weighted by atomic mass is 32.1. The van der Waals surface area contributed by atoms with E-state index in [-0.39, 0.29) is 12.2 Å². The number of hydrogen-bond acceptors (Lipinski definition) is 4. The fourth-order valence-electron chi connectivity index (χ4n) is 2.95. The third-order valence-electron chi connectivity index (χ3n) is 3.87. The molecule has 0 aromatic heterocycles. The molecule has 0 amide bonds. The van der Waals surface area contributed by atoms with Crippen molar-refractivity contribution in [2.24, 2.45) is 5.41 Å². The summed E-state index contributed by atoms with van der Waals surface area (Å²) in [6.07, 6.45) is 0.986. The monoisotopic (exact) mass is 328 g/mol. The molecule has 120 valence electrons. The molecule has 23 heavy (non-hydrogen) atoms. The van der Waals surface area contributed by atoms with Gasteiger partial charge in [-0.25, -0.2) is 0 Å². The Hall–Kier alpha value is -2.07. The van der Waals surface area contributed by atoms with Crippen molar-refractivity contribution in [3.63, 3.8) is 0 Å². The predicted octanol–water partition coefficient (Wildman–Crippen LogP) is 3.83. The van der Waals surface area contributed by atoms with Crippen molar-refractivity contribution in [3.8, 4) is 0 Å². The number of carbonyl (C=O) groups is 2. The van der Waals surface area contributed by atoms with Crippen LogP contribution in [0.4, 0.5) is 0 Å². The molecule has 4 heteroatoms. The number of carbonyl (C=O) groups excluding carboxylic acids is 2. The molecule has 0 spiro atoms. The normalized spacial score (nSPS) is 11.0. The molecule has 0 aliphatic rings. The molecule has 0 aliphatic heterocycles. The highest BCUT2D eigenvalue weighted by Crippen LogP contribution is 2.34. The van der Waals surface area contributed by atoms with Gasteiger partial charge in [0.05, 0.1) is 5.41 Å². The van der Waals surface area contributed by atoms with Gasteiger partial charge in [0.1, 0.15) is 5.78 Å².